The van der Waals surface area contributed by atoms with E-state index in [0.717, 1.165) is 81.6 Å². The lowest BCUT2D eigenvalue weighted by Gasteiger charge is -2.37. The van der Waals surface area contributed by atoms with Crippen molar-refractivity contribution in [3.05, 3.63) is 35.5 Å². The van der Waals surface area contributed by atoms with Crippen LogP contribution in [-0.4, -0.2) is 69.5 Å². The summed E-state index contributed by atoms with van der Waals surface area (Å²) in [5.41, 5.74) is 1.85. The number of carbonyl (C=O) groups excluding carboxylic acids is 1. The Kier molecular flexibility index (Phi) is 7.18. The fraction of sp³-hybridized carbons (Fsp3) is 0.630. The zero-order valence-corrected chi connectivity index (χ0v) is 20.7. The first kappa shape index (κ1) is 24.0. The maximum atomic E-state index is 12.6. The second-order valence-electron chi connectivity index (χ2n) is 10.3. The van der Waals surface area contributed by atoms with Crippen molar-refractivity contribution < 1.29 is 19.7 Å². The molecular weight excluding hydrogens is 444 g/mol. The van der Waals surface area contributed by atoms with Crippen molar-refractivity contribution in [1.82, 2.24) is 14.5 Å². The summed E-state index contributed by atoms with van der Waals surface area (Å²) in [6, 6.07) is 5.95. The van der Waals surface area contributed by atoms with Gasteiger partial charge in [-0.25, -0.2) is 4.98 Å². The predicted molar refractivity (Wildman–Crippen MR) is 134 cm³/mol. The first-order valence-electron chi connectivity index (χ1n) is 13.3. The van der Waals surface area contributed by atoms with Crippen LogP contribution in [0, 0.1) is 0 Å². The number of carbonyl (C=O) groups is 1. The highest BCUT2D eigenvalue weighted by atomic mass is 16.5. The van der Waals surface area contributed by atoms with Crippen LogP contribution in [0.25, 0.3) is 0 Å². The van der Waals surface area contributed by atoms with Crippen molar-refractivity contribution in [3.63, 3.8) is 0 Å². The SMILES string of the molecule is CCCCCC(=O)OC(CN1CCN(c2ccccn2)CC1)Cn1c(O)c2c(c1O)C1CCC2C1. The molecule has 0 radical (unpaired) electrons. The molecule has 2 aliphatic carbocycles. The van der Waals surface area contributed by atoms with E-state index in [1.54, 1.807) is 4.57 Å². The number of nitrogens with zero attached hydrogens (tertiary/aromatic N) is 4. The summed E-state index contributed by atoms with van der Waals surface area (Å²) in [6.07, 6.45) is 7.84. The molecule has 0 aromatic carbocycles. The first-order valence-corrected chi connectivity index (χ1v) is 13.3. The lowest BCUT2D eigenvalue weighted by atomic mass is 9.95. The standard InChI is InChI=1S/C27H38N4O4/c1-2-3-4-8-23(32)35-21(17-29-12-14-30(15-13-29)22-7-5-6-11-28-22)18-31-26(33)24-19-9-10-20(16-19)25(24)27(31)34/h5-7,11,19-21,33-34H,2-4,8-10,12-18H2,1H3. The molecule has 2 aromatic heterocycles. The average Bonchev–Trinajstić information content (AvgIpc) is 3.55. The van der Waals surface area contributed by atoms with Crippen molar-refractivity contribution in [2.45, 2.75) is 76.4 Å². The Hall–Kier alpha value is -2.74. The van der Waals surface area contributed by atoms with E-state index in [1.165, 1.54) is 0 Å². The molecule has 3 atom stereocenters. The van der Waals surface area contributed by atoms with Crippen molar-refractivity contribution in [3.8, 4) is 11.8 Å². The van der Waals surface area contributed by atoms with E-state index in [1.807, 2.05) is 24.4 Å². The van der Waals surface area contributed by atoms with E-state index >= 15 is 0 Å². The highest BCUT2D eigenvalue weighted by Gasteiger charge is 2.44. The topological polar surface area (TPSA) is 91.1 Å². The number of fused-ring (bicyclic) bond motifs is 5. The van der Waals surface area contributed by atoms with Gasteiger partial charge in [0.15, 0.2) is 11.8 Å². The summed E-state index contributed by atoms with van der Waals surface area (Å²) in [5.74, 6) is 1.80. The van der Waals surface area contributed by atoms with E-state index in [4.69, 9.17) is 4.74 Å². The van der Waals surface area contributed by atoms with Crippen LogP contribution in [0.5, 0.6) is 11.8 Å². The van der Waals surface area contributed by atoms with Gasteiger partial charge in [-0.3, -0.25) is 14.3 Å². The number of hydrogen-bond acceptors (Lipinski definition) is 7. The van der Waals surface area contributed by atoms with Crippen molar-refractivity contribution >= 4 is 11.8 Å². The third-order valence-corrected chi connectivity index (χ3v) is 8.01. The Bertz CT molecular complexity index is 982. The number of ether oxygens (including phenoxy) is 1. The first-order chi connectivity index (χ1) is 17.0. The Morgan fingerprint density at radius 3 is 2.40 bits per heavy atom. The second-order valence-corrected chi connectivity index (χ2v) is 10.3. The molecule has 8 nitrogen and oxygen atoms in total. The Balaban J connectivity index is 1.27. The minimum atomic E-state index is -0.437. The molecule has 35 heavy (non-hydrogen) atoms. The van der Waals surface area contributed by atoms with E-state index in [2.05, 4.69) is 21.7 Å². The highest BCUT2D eigenvalue weighted by molar-refractivity contribution is 5.69. The minimum Gasteiger partial charge on any atom is -0.494 e. The number of rotatable bonds is 10. The van der Waals surface area contributed by atoms with Crippen LogP contribution in [0.2, 0.25) is 0 Å². The Morgan fingerprint density at radius 1 is 1.06 bits per heavy atom. The van der Waals surface area contributed by atoms with Gasteiger partial charge in [0.2, 0.25) is 0 Å². The molecule has 190 valence electrons. The van der Waals surface area contributed by atoms with Gasteiger partial charge in [-0.05, 0) is 49.7 Å². The fourth-order valence-corrected chi connectivity index (χ4v) is 6.20. The number of pyridine rings is 1. The largest absolute Gasteiger partial charge is 0.494 e. The molecule has 1 saturated carbocycles. The molecule has 2 aromatic rings. The molecule has 1 saturated heterocycles. The molecule has 2 fully saturated rings. The van der Waals surface area contributed by atoms with Gasteiger partial charge in [-0.1, -0.05) is 25.8 Å². The van der Waals surface area contributed by atoms with Crippen molar-refractivity contribution in [2.75, 3.05) is 37.6 Å². The number of aromatic hydroxyl groups is 2. The van der Waals surface area contributed by atoms with Gasteiger partial charge < -0.3 is 19.8 Å². The highest BCUT2D eigenvalue weighted by Crippen LogP contribution is 2.59. The number of aromatic nitrogens is 2. The summed E-state index contributed by atoms with van der Waals surface area (Å²) in [6.45, 7) is 6.34. The summed E-state index contributed by atoms with van der Waals surface area (Å²) in [5, 5.41) is 22.0. The summed E-state index contributed by atoms with van der Waals surface area (Å²) < 4.78 is 7.53. The minimum absolute atomic E-state index is 0.164. The van der Waals surface area contributed by atoms with Gasteiger partial charge in [-0.15, -0.1) is 0 Å². The van der Waals surface area contributed by atoms with Gasteiger partial charge in [0.1, 0.15) is 11.9 Å². The fourth-order valence-electron chi connectivity index (χ4n) is 6.20. The van der Waals surface area contributed by atoms with E-state index in [0.29, 0.717) is 24.8 Å². The lowest BCUT2D eigenvalue weighted by molar-refractivity contribution is -0.151. The smallest absolute Gasteiger partial charge is 0.306 e. The molecular formula is C27H38N4O4. The molecule has 2 N–H and O–H groups in total. The lowest BCUT2D eigenvalue weighted by Crippen LogP contribution is -2.49. The van der Waals surface area contributed by atoms with Gasteiger partial charge in [-0.2, -0.15) is 0 Å². The summed E-state index contributed by atoms with van der Waals surface area (Å²) in [4.78, 5) is 21.7. The number of piperazine rings is 1. The van der Waals surface area contributed by atoms with Crippen LogP contribution in [0.1, 0.15) is 74.8 Å². The van der Waals surface area contributed by atoms with Crippen LogP contribution in [0.4, 0.5) is 5.82 Å². The molecule has 8 heteroatoms. The summed E-state index contributed by atoms with van der Waals surface area (Å²) >= 11 is 0. The van der Waals surface area contributed by atoms with E-state index in [9.17, 15) is 15.0 Å². The molecule has 3 unspecified atom stereocenters. The second kappa shape index (κ2) is 10.5. The van der Waals surface area contributed by atoms with Crippen LogP contribution in [0.15, 0.2) is 24.4 Å². The number of hydrogen-bond donors (Lipinski definition) is 2. The Labute approximate surface area is 207 Å². The van der Waals surface area contributed by atoms with Crippen molar-refractivity contribution in [2.24, 2.45) is 0 Å². The molecule has 0 spiro atoms. The number of unbranched alkanes of at least 4 members (excludes halogenated alkanes) is 2. The molecule has 5 rings (SSSR count). The maximum Gasteiger partial charge on any atom is 0.306 e. The predicted octanol–water partition coefficient (Wildman–Crippen LogP) is 3.97. The van der Waals surface area contributed by atoms with Gasteiger partial charge in [0, 0.05) is 56.5 Å². The van der Waals surface area contributed by atoms with Crippen LogP contribution >= 0.6 is 0 Å². The average molecular weight is 483 g/mol. The zero-order valence-electron chi connectivity index (χ0n) is 20.7. The van der Waals surface area contributed by atoms with Crippen molar-refractivity contribution in [1.29, 1.82) is 0 Å². The van der Waals surface area contributed by atoms with E-state index in [-0.39, 0.29) is 24.3 Å². The van der Waals surface area contributed by atoms with E-state index < -0.39 is 6.10 Å². The zero-order chi connectivity index (χ0) is 24.4. The number of esters is 1. The maximum absolute atomic E-state index is 12.6. The van der Waals surface area contributed by atoms with Crippen LogP contribution < -0.4 is 4.90 Å². The quantitative estimate of drug-likeness (QED) is 0.391. The third-order valence-electron chi connectivity index (χ3n) is 8.01. The van der Waals surface area contributed by atoms with Gasteiger partial charge in [0.05, 0.1) is 6.54 Å². The molecule has 1 aliphatic heterocycles. The molecule has 0 amide bonds. The van der Waals surface area contributed by atoms with Crippen LogP contribution in [-0.2, 0) is 16.1 Å². The normalized spacial score (nSPS) is 22.4. The molecule has 2 bridgehead atoms. The number of anilines is 1. The Morgan fingerprint density at radius 2 is 1.77 bits per heavy atom. The molecule has 3 heterocycles. The molecule has 3 aliphatic rings. The van der Waals surface area contributed by atoms with Gasteiger partial charge >= 0.3 is 5.97 Å². The third kappa shape index (κ3) is 4.99. The monoisotopic (exact) mass is 482 g/mol. The van der Waals surface area contributed by atoms with Gasteiger partial charge in [0.25, 0.3) is 0 Å². The van der Waals surface area contributed by atoms with Crippen LogP contribution in [0.3, 0.4) is 0 Å². The summed E-state index contributed by atoms with van der Waals surface area (Å²) in [7, 11) is 0.